The summed E-state index contributed by atoms with van der Waals surface area (Å²) in [6, 6.07) is 3.16. The lowest BCUT2D eigenvalue weighted by Crippen LogP contribution is -2.42. The molecular formula is C11H8F3N5. The van der Waals surface area contributed by atoms with Crippen LogP contribution in [-0.2, 0) is 5.41 Å². The van der Waals surface area contributed by atoms with Gasteiger partial charge in [0.25, 0.3) is 0 Å². The van der Waals surface area contributed by atoms with Gasteiger partial charge in [0.15, 0.2) is 11.3 Å². The van der Waals surface area contributed by atoms with Crippen molar-refractivity contribution in [2.24, 2.45) is 0 Å². The van der Waals surface area contributed by atoms with E-state index in [1.54, 1.807) is 6.07 Å². The second kappa shape index (κ2) is 3.38. The van der Waals surface area contributed by atoms with Gasteiger partial charge in [0.1, 0.15) is 11.5 Å². The zero-order valence-electron chi connectivity index (χ0n) is 9.78. The van der Waals surface area contributed by atoms with Crippen LogP contribution in [-0.4, -0.2) is 27.3 Å². The first-order chi connectivity index (χ1) is 8.87. The fourth-order valence-corrected chi connectivity index (χ4v) is 2.24. The van der Waals surface area contributed by atoms with E-state index in [0.29, 0.717) is 5.69 Å². The van der Waals surface area contributed by atoms with Crippen LogP contribution in [0.1, 0.15) is 18.3 Å². The van der Waals surface area contributed by atoms with Crippen molar-refractivity contribution in [3.05, 3.63) is 23.7 Å². The van der Waals surface area contributed by atoms with E-state index in [4.69, 9.17) is 5.26 Å². The van der Waals surface area contributed by atoms with Crippen LogP contribution in [0.3, 0.4) is 0 Å². The minimum absolute atomic E-state index is 0.00787. The van der Waals surface area contributed by atoms with Crippen molar-refractivity contribution in [3.63, 3.8) is 0 Å². The number of rotatable bonds is 0. The second-order valence-corrected chi connectivity index (χ2v) is 4.62. The first-order valence-electron chi connectivity index (χ1n) is 5.47. The predicted octanol–water partition coefficient (Wildman–Crippen LogP) is 1.85. The van der Waals surface area contributed by atoms with Gasteiger partial charge in [-0.2, -0.15) is 23.5 Å². The highest BCUT2D eigenvalue weighted by Crippen LogP contribution is 2.47. The molecule has 8 heteroatoms. The van der Waals surface area contributed by atoms with Crippen LogP contribution >= 0.6 is 0 Å². The topological polar surface area (TPSA) is 66.0 Å². The van der Waals surface area contributed by atoms with E-state index in [1.807, 2.05) is 0 Å². The van der Waals surface area contributed by atoms with E-state index in [9.17, 15) is 13.2 Å². The Bertz CT molecular complexity index is 711. The molecule has 0 saturated heterocycles. The van der Waals surface area contributed by atoms with Gasteiger partial charge in [0.05, 0.1) is 17.6 Å². The van der Waals surface area contributed by atoms with Crippen molar-refractivity contribution in [1.29, 1.82) is 5.26 Å². The van der Waals surface area contributed by atoms with Gasteiger partial charge >= 0.3 is 6.18 Å². The lowest BCUT2D eigenvalue weighted by atomic mass is 9.88. The molecule has 1 aliphatic heterocycles. The van der Waals surface area contributed by atoms with Crippen LogP contribution in [0.5, 0.6) is 0 Å². The molecule has 0 radical (unpaired) electrons. The van der Waals surface area contributed by atoms with Crippen LogP contribution in [0, 0.1) is 11.3 Å². The number of nitriles is 1. The maximum Gasteiger partial charge on any atom is 0.401 e. The number of fused-ring (bicyclic) bond motifs is 3. The third-order valence-electron chi connectivity index (χ3n) is 3.38. The van der Waals surface area contributed by atoms with E-state index in [2.05, 4.69) is 15.4 Å². The molecule has 0 amide bonds. The van der Waals surface area contributed by atoms with Gasteiger partial charge in [-0.15, -0.1) is 0 Å². The number of anilines is 1. The van der Waals surface area contributed by atoms with Crippen LogP contribution < -0.4 is 5.32 Å². The minimum atomic E-state index is -4.42. The molecule has 1 atom stereocenters. The van der Waals surface area contributed by atoms with Gasteiger partial charge in [-0.25, -0.2) is 9.50 Å². The first kappa shape index (κ1) is 11.8. The fraction of sp³-hybridized carbons (Fsp3) is 0.364. The predicted molar refractivity (Wildman–Crippen MR) is 59.6 cm³/mol. The van der Waals surface area contributed by atoms with Crippen molar-refractivity contribution in [2.75, 3.05) is 11.9 Å². The third-order valence-corrected chi connectivity index (χ3v) is 3.38. The molecule has 0 fully saturated rings. The summed E-state index contributed by atoms with van der Waals surface area (Å²) in [6.07, 6.45) is -3.08. The Labute approximate surface area is 105 Å². The zero-order valence-corrected chi connectivity index (χ0v) is 9.78. The molecule has 98 valence electrons. The van der Waals surface area contributed by atoms with Crippen molar-refractivity contribution in [1.82, 2.24) is 14.6 Å². The first-order valence-corrected chi connectivity index (χ1v) is 5.47. The number of hydrogen-bond donors (Lipinski definition) is 1. The summed E-state index contributed by atoms with van der Waals surface area (Å²) in [5.41, 5.74) is -1.50. The molecule has 0 saturated carbocycles. The highest BCUT2D eigenvalue weighted by molar-refractivity contribution is 5.61. The van der Waals surface area contributed by atoms with Gasteiger partial charge in [-0.05, 0) is 6.92 Å². The van der Waals surface area contributed by atoms with Gasteiger partial charge in [-0.3, -0.25) is 0 Å². The number of alkyl halides is 3. The maximum absolute atomic E-state index is 13.3. The van der Waals surface area contributed by atoms with Crippen molar-refractivity contribution in [3.8, 4) is 6.07 Å². The molecule has 5 nitrogen and oxygen atoms in total. The number of nitrogens with one attached hydrogen (secondary N) is 1. The summed E-state index contributed by atoms with van der Waals surface area (Å²) < 4.78 is 40.9. The number of hydrogen-bond acceptors (Lipinski definition) is 4. The fourth-order valence-electron chi connectivity index (χ4n) is 2.24. The minimum Gasteiger partial charge on any atom is -0.381 e. The van der Waals surface area contributed by atoms with Crippen molar-refractivity contribution >= 4 is 11.3 Å². The van der Waals surface area contributed by atoms with E-state index in [-0.39, 0.29) is 23.6 Å². The van der Waals surface area contributed by atoms with Crippen molar-refractivity contribution < 1.29 is 13.2 Å². The second-order valence-electron chi connectivity index (χ2n) is 4.62. The maximum atomic E-state index is 13.3. The Morgan fingerprint density at radius 1 is 1.53 bits per heavy atom. The molecule has 1 N–H and O–H groups in total. The van der Waals surface area contributed by atoms with Crippen LogP contribution in [0.25, 0.3) is 5.65 Å². The molecule has 2 aromatic rings. The third kappa shape index (κ3) is 1.41. The largest absolute Gasteiger partial charge is 0.401 e. The zero-order chi connectivity index (χ0) is 13.8. The average molecular weight is 267 g/mol. The summed E-state index contributed by atoms with van der Waals surface area (Å²) in [5, 5.41) is 15.3. The quantitative estimate of drug-likeness (QED) is 0.791. The van der Waals surface area contributed by atoms with E-state index in [1.165, 1.54) is 12.3 Å². The summed E-state index contributed by atoms with van der Waals surface area (Å²) >= 11 is 0. The molecule has 3 rings (SSSR count). The standard InChI is InChI=1S/C11H8F3N5/c1-10(11(12,13)14)5-17-7-4-16-8-2-6(3-15)18-19(8)9(7)10/h2,4,17H,5H2,1H3/t10-/m1/s1. The molecule has 3 heterocycles. The molecular weight excluding hydrogens is 259 g/mol. The Morgan fingerprint density at radius 2 is 2.26 bits per heavy atom. The Morgan fingerprint density at radius 3 is 2.89 bits per heavy atom. The molecule has 0 aliphatic carbocycles. The highest BCUT2D eigenvalue weighted by atomic mass is 19.4. The Balaban J connectivity index is 2.35. The molecule has 0 aromatic carbocycles. The number of aromatic nitrogens is 3. The normalized spacial score (nSPS) is 22.1. The Kier molecular flexibility index (Phi) is 2.09. The van der Waals surface area contributed by atoms with Gasteiger partial charge in [0, 0.05) is 12.6 Å². The Hall–Kier alpha value is -2.30. The molecule has 19 heavy (non-hydrogen) atoms. The molecule has 1 aliphatic rings. The SMILES string of the molecule is C[C@@]1(C(F)(F)F)CNc2cnc3cc(C#N)nn3c21. The molecule has 0 bridgehead atoms. The van der Waals surface area contributed by atoms with Crippen LogP contribution in [0.2, 0.25) is 0 Å². The lowest BCUT2D eigenvalue weighted by molar-refractivity contribution is -0.181. The van der Waals surface area contributed by atoms with E-state index >= 15 is 0 Å². The lowest BCUT2D eigenvalue weighted by Gasteiger charge is -2.27. The van der Waals surface area contributed by atoms with Crippen LogP contribution in [0.15, 0.2) is 12.3 Å². The molecule has 2 aromatic heterocycles. The van der Waals surface area contributed by atoms with E-state index in [0.717, 1.165) is 11.4 Å². The summed E-state index contributed by atoms with van der Waals surface area (Å²) in [7, 11) is 0. The van der Waals surface area contributed by atoms with Crippen LogP contribution in [0.4, 0.5) is 18.9 Å². The van der Waals surface area contributed by atoms with E-state index < -0.39 is 11.6 Å². The van der Waals surface area contributed by atoms with Crippen molar-refractivity contribution in [2.45, 2.75) is 18.5 Å². The smallest absolute Gasteiger partial charge is 0.381 e. The average Bonchev–Trinajstić information content (AvgIpc) is 2.89. The summed E-state index contributed by atoms with van der Waals surface area (Å²) in [4.78, 5) is 3.99. The van der Waals surface area contributed by atoms with Gasteiger partial charge in [0.2, 0.25) is 0 Å². The molecule has 0 spiro atoms. The number of halogens is 3. The highest BCUT2D eigenvalue weighted by Gasteiger charge is 2.57. The summed E-state index contributed by atoms with van der Waals surface area (Å²) in [5.74, 6) is 0. The monoisotopic (exact) mass is 267 g/mol. The number of nitrogens with zero attached hydrogens (tertiary/aromatic N) is 4. The summed E-state index contributed by atoms with van der Waals surface area (Å²) in [6.45, 7) is 0.841. The molecule has 0 unspecified atom stereocenters. The van der Waals surface area contributed by atoms with Gasteiger partial charge in [-0.1, -0.05) is 0 Å². The van der Waals surface area contributed by atoms with Gasteiger partial charge < -0.3 is 5.32 Å².